The van der Waals surface area contributed by atoms with Crippen molar-refractivity contribution in [1.82, 2.24) is 15.1 Å². The van der Waals surface area contributed by atoms with E-state index in [0.29, 0.717) is 23.8 Å². The maximum absolute atomic E-state index is 12.6. The zero-order valence-electron chi connectivity index (χ0n) is 14.2. The molecule has 1 aliphatic heterocycles. The molecule has 1 saturated heterocycles. The highest BCUT2D eigenvalue weighted by molar-refractivity contribution is 7.15. The highest BCUT2D eigenvalue weighted by Crippen LogP contribution is 2.24. The third-order valence-corrected chi connectivity index (χ3v) is 5.15. The van der Waals surface area contributed by atoms with Gasteiger partial charge in [-0.3, -0.25) is 10.1 Å². The van der Waals surface area contributed by atoms with Crippen molar-refractivity contribution in [3.05, 3.63) is 35.3 Å². The number of aromatic nitrogens is 2. The zero-order chi connectivity index (χ0) is 17.8. The number of carbonyl (C=O) groups is 2. The largest absolute Gasteiger partial charge is 0.322 e. The monoisotopic (exact) mass is 359 g/mol. The Hall–Kier alpha value is -2.48. The molecular weight excluding hydrogens is 338 g/mol. The molecular formula is C17H21N5O2S. The number of rotatable bonds is 4. The summed E-state index contributed by atoms with van der Waals surface area (Å²) in [6.45, 7) is 4.61. The average Bonchev–Trinajstić information content (AvgIpc) is 3.25. The van der Waals surface area contributed by atoms with Gasteiger partial charge in [0.1, 0.15) is 11.0 Å². The Morgan fingerprint density at radius 3 is 2.64 bits per heavy atom. The fourth-order valence-electron chi connectivity index (χ4n) is 2.71. The van der Waals surface area contributed by atoms with Gasteiger partial charge in [0, 0.05) is 18.2 Å². The third-order valence-electron chi connectivity index (χ3n) is 4.01. The first kappa shape index (κ1) is 17.3. The van der Waals surface area contributed by atoms with E-state index in [2.05, 4.69) is 20.8 Å². The highest BCUT2D eigenvalue weighted by atomic mass is 32.1. The molecule has 1 atom stereocenters. The van der Waals surface area contributed by atoms with E-state index in [0.717, 1.165) is 11.4 Å². The molecule has 0 bridgehead atoms. The van der Waals surface area contributed by atoms with E-state index in [1.54, 1.807) is 4.90 Å². The van der Waals surface area contributed by atoms with Gasteiger partial charge in [-0.15, -0.1) is 10.2 Å². The number of hydrogen-bond donors (Lipinski definition) is 2. The Bertz CT molecular complexity index is 747. The van der Waals surface area contributed by atoms with E-state index < -0.39 is 6.04 Å². The van der Waals surface area contributed by atoms with Crippen molar-refractivity contribution in [2.24, 2.45) is 0 Å². The zero-order valence-corrected chi connectivity index (χ0v) is 15.0. The van der Waals surface area contributed by atoms with E-state index in [4.69, 9.17) is 0 Å². The minimum Gasteiger partial charge on any atom is -0.312 e. The van der Waals surface area contributed by atoms with Gasteiger partial charge in [0.15, 0.2) is 0 Å². The summed E-state index contributed by atoms with van der Waals surface area (Å²) in [5, 5.41) is 15.0. The van der Waals surface area contributed by atoms with Crippen LogP contribution in [0, 0.1) is 0 Å². The summed E-state index contributed by atoms with van der Waals surface area (Å²) in [5.74, 6) is 0.0509. The number of carbonyl (C=O) groups excluding carboxylic acids is 2. The molecule has 1 aromatic heterocycles. The number of hydrogen-bond acceptors (Lipinski definition) is 5. The Balaban J connectivity index is 1.63. The van der Waals surface area contributed by atoms with Crippen LogP contribution in [0.1, 0.15) is 37.6 Å². The summed E-state index contributed by atoms with van der Waals surface area (Å²) >= 11 is 1.37. The molecule has 25 heavy (non-hydrogen) atoms. The molecule has 0 spiro atoms. The van der Waals surface area contributed by atoms with Crippen LogP contribution in [0.2, 0.25) is 0 Å². The first-order valence-corrected chi connectivity index (χ1v) is 9.13. The van der Waals surface area contributed by atoms with E-state index in [1.807, 2.05) is 44.2 Å². The second-order valence-corrected chi connectivity index (χ2v) is 7.25. The first-order chi connectivity index (χ1) is 12.0. The molecule has 2 heterocycles. The predicted molar refractivity (Wildman–Crippen MR) is 97.8 cm³/mol. The molecule has 1 aliphatic rings. The summed E-state index contributed by atoms with van der Waals surface area (Å²) in [4.78, 5) is 26.6. The van der Waals surface area contributed by atoms with Crippen LogP contribution in [0.25, 0.3) is 0 Å². The van der Waals surface area contributed by atoms with Crippen molar-refractivity contribution in [2.45, 2.75) is 38.6 Å². The molecule has 0 radical (unpaired) electrons. The second kappa shape index (κ2) is 7.60. The van der Waals surface area contributed by atoms with Crippen LogP contribution in [0.4, 0.5) is 15.6 Å². The molecule has 1 fully saturated rings. The van der Waals surface area contributed by atoms with Crippen LogP contribution < -0.4 is 10.6 Å². The lowest BCUT2D eigenvalue weighted by atomic mass is 10.2. The molecule has 0 unspecified atom stereocenters. The Kier molecular flexibility index (Phi) is 5.28. The van der Waals surface area contributed by atoms with Crippen molar-refractivity contribution in [3.8, 4) is 0 Å². The molecule has 3 amide bonds. The lowest BCUT2D eigenvalue weighted by Crippen LogP contribution is -2.45. The van der Waals surface area contributed by atoms with Gasteiger partial charge in [-0.25, -0.2) is 4.79 Å². The number of likely N-dealkylation sites (tertiary alicyclic amines) is 1. The lowest BCUT2D eigenvalue weighted by molar-refractivity contribution is -0.119. The fourth-order valence-corrected chi connectivity index (χ4v) is 3.45. The minimum atomic E-state index is -0.491. The number of nitrogens with one attached hydrogen (secondary N) is 2. The molecule has 3 rings (SSSR count). The van der Waals surface area contributed by atoms with Gasteiger partial charge in [-0.1, -0.05) is 43.4 Å². The average molecular weight is 359 g/mol. The van der Waals surface area contributed by atoms with Gasteiger partial charge >= 0.3 is 6.03 Å². The van der Waals surface area contributed by atoms with E-state index in [9.17, 15) is 9.59 Å². The van der Waals surface area contributed by atoms with E-state index >= 15 is 0 Å². The smallest absolute Gasteiger partial charge is 0.312 e. The van der Waals surface area contributed by atoms with Gasteiger partial charge in [0.2, 0.25) is 11.0 Å². The van der Waals surface area contributed by atoms with Crippen molar-refractivity contribution in [1.29, 1.82) is 0 Å². The van der Waals surface area contributed by atoms with Crippen molar-refractivity contribution in [2.75, 3.05) is 17.2 Å². The number of nitrogens with zero attached hydrogens (tertiary/aromatic N) is 3. The second-order valence-electron chi connectivity index (χ2n) is 6.24. The fraction of sp³-hybridized carbons (Fsp3) is 0.412. The van der Waals surface area contributed by atoms with Crippen LogP contribution >= 0.6 is 11.3 Å². The number of urea groups is 1. The number of benzene rings is 1. The van der Waals surface area contributed by atoms with Crippen LogP contribution in [0.3, 0.4) is 0 Å². The molecule has 1 aromatic carbocycles. The van der Waals surface area contributed by atoms with Gasteiger partial charge < -0.3 is 10.2 Å². The maximum Gasteiger partial charge on any atom is 0.322 e. The number of anilines is 2. The minimum absolute atomic E-state index is 0.216. The number of para-hydroxylation sites is 1. The van der Waals surface area contributed by atoms with Crippen LogP contribution in [-0.2, 0) is 4.79 Å². The predicted octanol–water partition coefficient (Wildman–Crippen LogP) is 3.30. The summed E-state index contributed by atoms with van der Waals surface area (Å²) in [6.07, 6.45) is 1.44. The van der Waals surface area contributed by atoms with Crippen molar-refractivity contribution in [3.63, 3.8) is 0 Å². The van der Waals surface area contributed by atoms with Gasteiger partial charge in [0.25, 0.3) is 0 Å². The Labute approximate surface area is 150 Å². The van der Waals surface area contributed by atoms with Crippen LogP contribution in [0.15, 0.2) is 30.3 Å². The summed E-state index contributed by atoms with van der Waals surface area (Å²) in [7, 11) is 0. The standard InChI is InChI=1S/C17H21N5O2S/c1-11(2)15-20-21-16(25-15)19-14(23)13-9-6-10-22(13)17(24)18-12-7-4-3-5-8-12/h3-5,7-8,11,13H,6,9-10H2,1-2H3,(H,18,24)(H,19,21,23)/t13-/m1/s1. The topological polar surface area (TPSA) is 87.2 Å². The summed E-state index contributed by atoms with van der Waals surface area (Å²) < 4.78 is 0. The summed E-state index contributed by atoms with van der Waals surface area (Å²) in [5.41, 5.74) is 0.712. The van der Waals surface area contributed by atoms with E-state index in [1.165, 1.54) is 11.3 Å². The molecule has 132 valence electrons. The highest BCUT2D eigenvalue weighted by Gasteiger charge is 2.34. The van der Waals surface area contributed by atoms with Crippen molar-refractivity contribution >= 4 is 34.1 Å². The van der Waals surface area contributed by atoms with Gasteiger partial charge in [0.05, 0.1) is 0 Å². The van der Waals surface area contributed by atoms with Gasteiger partial charge in [-0.2, -0.15) is 0 Å². The Morgan fingerprint density at radius 2 is 1.96 bits per heavy atom. The first-order valence-electron chi connectivity index (χ1n) is 8.31. The molecule has 0 saturated carbocycles. The molecule has 0 aliphatic carbocycles. The number of amides is 3. The molecule has 8 heteroatoms. The van der Waals surface area contributed by atoms with E-state index in [-0.39, 0.29) is 17.9 Å². The normalized spacial score (nSPS) is 16.9. The van der Waals surface area contributed by atoms with Crippen LogP contribution in [-0.4, -0.2) is 39.6 Å². The Morgan fingerprint density at radius 1 is 1.20 bits per heavy atom. The van der Waals surface area contributed by atoms with Gasteiger partial charge in [-0.05, 0) is 25.0 Å². The molecule has 2 aromatic rings. The third kappa shape index (κ3) is 4.14. The van der Waals surface area contributed by atoms with Crippen molar-refractivity contribution < 1.29 is 9.59 Å². The maximum atomic E-state index is 12.6. The summed E-state index contributed by atoms with van der Waals surface area (Å²) in [6, 6.07) is 8.47. The SMILES string of the molecule is CC(C)c1nnc(NC(=O)[C@H]2CCCN2C(=O)Nc2ccccc2)s1. The molecule has 2 N–H and O–H groups in total. The molecule has 7 nitrogen and oxygen atoms in total. The lowest BCUT2D eigenvalue weighted by Gasteiger charge is -2.23. The quantitative estimate of drug-likeness (QED) is 0.877. The van der Waals surface area contributed by atoms with Crippen LogP contribution in [0.5, 0.6) is 0 Å².